The minimum Gasteiger partial charge on any atom is -0.387 e. The Kier molecular flexibility index (Phi) is 27.7. The topological polar surface area (TPSA) is 592 Å². The fourth-order valence-electron chi connectivity index (χ4n) is 18.0. The van der Waals surface area contributed by atoms with E-state index in [2.05, 4.69) is 64.7 Å². The first-order valence-corrected chi connectivity index (χ1v) is 47.4. The van der Waals surface area contributed by atoms with Crippen LogP contribution in [0.1, 0.15) is 88.2 Å². The maximum Gasteiger partial charge on any atom is 0.329 e. The number of carbonyl (C=O) groups is 5. The molecule has 4 fully saturated rings. The molecule has 4 saturated heterocycles. The van der Waals surface area contributed by atoms with E-state index in [0.29, 0.717) is 210 Å². The van der Waals surface area contributed by atoms with Gasteiger partial charge in [-0.1, -0.05) is 12.6 Å². The van der Waals surface area contributed by atoms with Crippen LogP contribution in [0.25, 0.3) is 138 Å². The number of hydrogen-bond donors (Lipinski definition) is 8. The highest BCUT2D eigenvalue weighted by atomic mass is 32.2. The molecule has 0 atom stereocenters. The smallest absolute Gasteiger partial charge is 0.329 e. The molecule has 8 N–H and O–H groups in total. The fraction of sp³-hybridized carbons (Fsp3) is 0.298. The molecular formula is C94H87N25O19S2. The number of Topliss-reactive ketones (excluding diaryl/α,β-unsaturated/α-hetero) is 1. The minimum atomic E-state index is -3.46. The lowest BCUT2D eigenvalue weighted by atomic mass is 10.0. The average Bonchev–Trinajstić information content (AvgIpc) is 0.754. The highest BCUT2D eigenvalue weighted by molar-refractivity contribution is 7.98. The number of likely N-dealkylation sites (tertiary alicyclic amines) is 4. The number of nitrogens with zero attached hydrogens (tertiary/aromatic N) is 21. The van der Waals surface area contributed by atoms with E-state index in [1.54, 1.807) is 124 Å². The van der Waals surface area contributed by atoms with Crippen molar-refractivity contribution in [3.05, 3.63) is 247 Å². The number of thioether (sulfide) groups is 1. The molecule has 140 heavy (non-hydrogen) atoms. The Morgan fingerprint density at radius 1 is 0.379 bits per heavy atom. The maximum absolute atomic E-state index is 13.1. The number of piperidine rings is 4. The number of nitrogens with one attached hydrogen (secondary N) is 4. The number of aliphatic hydroxyl groups is 4. The van der Waals surface area contributed by atoms with Gasteiger partial charge in [-0.15, -0.1) is 16.7 Å². The summed E-state index contributed by atoms with van der Waals surface area (Å²) in [6.45, 7) is 9.43. The van der Waals surface area contributed by atoms with Crippen molar-refractivity contribution < 1.29 is 52.8 Å². The van der Waals surface area contributed by atoms with Crippen molar-refractivity contribution >= 4 is 145 Å². The fourth-order valence-corrected chi connectivity index (χ4v) is 19.0. The zero-order valence-corrected chi connectivity index (χ0v) is 76.8. The number of carbonyl (C=O) groups excluding carboxylic acids is 5. The van der Waals surface area contributed by atoms with E-state index in [4.69, 9.17) is 46.9 Å². The molecule has 0 spiro atoms. The van der Waals surface area contributed by atoms with Gasteiger partial charge in [-0.3, -0.25) is 106 Å². The Morgan fingerprint density at radius 3 is 0.900 bits per heavy atom. The quantitative estimate of drug-likeness (QED) is 0.0381. The molecule has 16 aromatic rings. The number of sulfone groups is 1. The van der Waals surface area contributed by atoms with E-state index >= 15 is 0 Å². The molecule has 0 saturated carbocycles. The van der Waals surface area contributed by atoms with Gasteiger partial charge in [0.2, 0.25) is 23.6 Å². The van der Waals surface area contributed by atoms with E-state index in [9.17, 15) is 70.7 Å². The number of H-pyrrole nitrogens is 4. The van der Waals surface area contributed by atoms with Gasteiger partial charge in [-0.05, 0) is 156 Å². The summed E-state index contributed by atoms with van der Waals surface area (Å²) in [5.74, 6) is -1.12. The molecule has 4 amide bonds. The van der Waals surface area contributed by atoms with Crippen LogP contribution in [0.3, 0.4) is 0 Å². The van der Waals surface area contributed by atoms with Gasteiger partial charge in [0.15, 0.2) is 14.9 Å². The van der Waals surface area contributed by atoms with Gasteiger partial charge in [-0.25, -0.2) is 57.5 Å². The maximum atomic E-state index is 13.1. The van der Waals surface area contributed by atoms with Crippen LogP contribution in [0.4, 0.5) is 5.82 Å². The summed E-state index contributed by atoms with van der Waals surface area (Å²) in [7, 11) is -3.46. The molecule has 0 aromatic carbocycles. The van der Waals surface area contributed by atoms with Gasteiger partial charge in [0, 0.05) is 161 Å². The third-order valence-corrected chi connectivity index (χ3v) is 26.7. The summed E-state index contributed by atoms with van der Waals surface area (Å²) in [5, 5.41) is 38.4. The number of aliphatic hydroxyl groups excluding tert-OH is 4. The number of hydrogen-bond acceptors (Lipinski definition) is 32. The Bertz CT molecular complexity index is 8350. The van der Waals surface area contributed by atoms with Crippen LogP contribution in [0.2, 0.25) is 0 Å². The predicted molar refractivity (Wildman–Crippen MR) is 514 cm³/mol. The van der Waals surface area contributed by atoms with E-state index < -0.39 is 81.3 Å². The van der Waals surface area contributed by atoms with Crippen LogP contribution in [0.15, 0.2) is 195 Å². The van der Waals surface area contributed by atoms with Crippen molar-refractivity contribution in [2.75, 3.05) is 91.3 Å². The highest BCUT2D eigenvalue weighted by Crippen LogP contribution is 2.36. The molecule has 0 radical (unpaired) electrons. The molecule has 0 aliphatic carbocycles. The van der Waals surface area contributed by atoms with Crippen molar-refractivity contribution in [3.63, 3.8) is 0 Å². The Labute approximate surface area is 793 Å². The zero-order chi connectivity index (χ0) is 98.6. The first-order chi connectivity index (χ1) is 67.5. The lowest BCUT2D eigenvalue weighted by molar-refractivity contribution is -0.136. The zero-order valence-electron chi connectivity index (χ0n) is 75.1. The number of rotatable bonds is 16. The van der Waals surface area contributed by atoms with E-state index in [1.807, 2.05) is 36.6 Å². The van der Waals surface area contributed by atoms with Gasteiger partial charge >= 0.3 is 22.8 Å². The third kappa shape index (κ3) is 19.5. The SMILES string of the molecule is CC(=O)Cc1ccc(-c2ccc3ncc4c(=O)[nH]c(=O)n(C5CCN(C(=O)CO)CC5)c4c3n2)cn1.CS(=O)(=O)c1ccc(-c2ccc3ncc4c(=O)[nH]c(=O)n(C5CCN(C(=O)CO)CC5)c4c3n2)cn1.CSc1ccc(-c2ccc3ncc4c(=O)[nH]c(=O)n(C5CCN(C(=O)CO)CC5)c4c3n2)cn1.[C-]#[N+]c1ccc(-c2ccc3ncc4c(=O)[nH]c(=O)n(C5CCN(C(=O)CO)CC5)c4c3n2)cn1. The predicted octanol–water partition coefficient (Wildman–Crippen LogP) is 4.21. The van der Waals surface area contributed by atoms with Crippen molar-refractivity contribution in [2.45, 2.75) is 98.9 Å². The first kappa shape index (κ1) is 95.5. The summed E-state index contributed by atoms with van der Waals surface area (Å²) < 4.78 is 29.7. The van der Waals surface area contributed by atoms with Crippen molar-refractivity contribution in [1.29, 1.82) is 0 Å². The summed E-state index contributed by atoms with van der Waals surface area (Å²) >= 11 is 1.55. The molecular weight excluding hydrogens is 1850 g/mol. The van der Waals surface area contributed by atoms with Gasteiger partial charge in [-0.2, -0.15) is 0 Å². The van der Waals surface area contributed by atoms with Crippen LogP contribution in [0, 0.1) is 6.57 Å². The number of aromatic nitrogens is 20. The van der Waals surface area contributed by atoms with E-state index in [0.717, 1.165) is 22.4 Å². The summed E-state index contributed by atoms with van der Waals surface area (Å²) in [4.78, 5) is 234. The molecule has 20 heterocycles. The van der Waals surface area contributed by atoms with Gasteiger partial charge < -0.3 is 44.9 Å². The van der Waals surface area contributed by atoms with Gasteiger partial charge in [0.25, 0.3) is 28.1 Å². The number of pyridine rings is 12. The molecule has 714 valence electrons. The molecule has 0 unspecified atom stereocenters. The van der Waals surface area contributed by atoms with Crippen molar-refractivity contribution in [2.24, 2.45) is 0 Å². The molecule has 4 aliphatic heterocycles. The van der Waals surface area contributed by atoms with Crippen LogP contribution in [0.5, 0.6) is 0 Å². The second-order valence-corrected chi connectivity index (χ2v) is 36.4. The van der Waals surface area contributed by atoms with Gasteiger partial charge in [0.05, 0.1) is 93.5 Å². The van der Waals surface area contributed by atoms with Crippen LogP contribution in [-0.4, -0.2) is 267 Å². The number of ketones is 1. The molecule has 0 bridgehead atoms. The number of fused-ring (bicyclic) bond motifs is 12. The largest absolute Gasteiger partial charge is 0.387 e. The Hall–Kier alpha value is -16.2. The Balaban J connectivity index is 0.000000129. The third-order valence-electron chi connectivity index (χ3n) is 25.1. The van der Waals surface area contributed by atoms with Crippen LogP contribution < -0.4 is 45.0 Å². The van der Waals surface area contributed by atoms with Crippen LogP contribution in [-0.2, 0) is 40.2 Å². The average molecular weight is 1940 g/mol. The molecule has 46 heteroatoms. The number of aromatic amines is 4. The first-order valence-electron chi connectivity index (χ1n) is 44.3. The van der Waals surface area contributed by atoms with E-state index in [1.165, 1.54) is 48.5 Å². The summed E-state index contributed by atoms with van der Waals surface area (Å²) in [5.41, 5.74) is 6.55. The van der Waals surface area contributed by atoms with Crippen molar-refractivity contribution in [3.8, 4) is 45.0 Å². The normalized spacial score (nSPS) is 14.6. The second kappa shape index (κ2) is 40.6. The second-order valence-electron chi connectivity index (χ2n) is 33.6. The highest BCUT2D eigenvalue weighted by Gasteiger charge is 2.33. The number of amides is 4. The van der Waals surface area contributed by atoms with Crippen molar-refractivity contribution in [1.82, 2.24) is 118 Å². The summed E-state index contributed by atoms with van der Waals surface area (Å²) in [6.07, 6.45) is 19.2. The van der Waals surface area contributed by atoms with Crippen LogP contribution >= 0.6 is 11.8 Å². The van der Waals surface area contributed by atoms with Gasteiger partial charge in [0.1, 0.15) is 60.5 Å². The Morgan fingerprint density at radius 2 is 0.664 bits per heavy atom. The molecule has 20 rings (SSSR count). The summed E-state index contributed by atoms with van der Waals surface area (Å²) in [6, 6.07) is 26.8. The lowest BCUT2D eigenvalue weighted by Gasteiger charge is -2.33. The van der Waals surface area contributed by atoms with E-state index in [-0.39, 0.29) is 92.4 Å². The molecule has 44 nitrogen and oxygen atoms in total. The standard InChI is InChI=1S/C25H24N6O5.C23H19N7O4.C23H22N6O6S.C23H22N6O4S/c1-14(33)10-16-3-2-15(11-26-16)19-4-5-20-22(28-19)23-18(12-27-20)24(35)29-25(36)31(23)17-6-8-30(9-7-17)21(34)13-32;1-24-18-5-2-13(10-26-18)16-3-4-17-20(27-16)21-15(11-25-17)22(33)28-23(34)30(21)14-6-8-29(9-7-14)19(32)12-31;1-36(34,35)18-5-2-13(10-25-18)16-3-4-17-20(26-16)21-15(11-24-17)22(32)27-23(33)29(21)14-6-8-28(9-7-14)19(31)12-30;1-34-18-5-2-13(10-25-18)16-3-4-17-20(26-16)21-15(11-24-17)22(32)27-23(33)29(21)14-6-8-28(9-7-14)19(31)12-30/h2-5,11-12,17,32H,6-10,13H2,1H3,(H,29,35,36);2-5,10-11,14,31H,6-9,12H2,(H,28,33,34);2-5,10-11,14,30H,6-9,12H2,1H3,(H,27,32,33);2-5,10-11,14,30H,6-9,12H2,1H3,(H,27,32,33). The molecule has 16 aromatic heterocycles. The minimum absolute atomic E-state index is 0.0198. The lowest BCUT2D eigenvalue weighted by Crippen LogP contribution is -2.43. The molecule has 4 aliphatic rings. The monoisotopic (exact) mass is 1930 g/mol.